The van der Waals surface area contributed by atoms with Crippen molar-refractivity contribution in [1.82, 2.24) is 14.9 Å². The van der Waals surface area contributed by atoms with E-state index >= 15 is 0 Å². The van der Waals surface area contributed by atoms with Crippen molar-refractivity contribution < 1.29 is 4.39 Å². The van der Waals surface area contributed by atoms with Gasteiger partial charge in [0.25, 0.3) is 0 Å². The van der Waals surface area contributed by atoms with Crippen molar-refractivity contribution >= 4 is 11.5 Å². The summed E-state index contributed by atoms with van der Waals surface area (Å²) in [6.45, 7) is 6.25. The largest absolute Gasteiger partial charge is 0.399 e. The molecule has 39 heavy (non-hydrogen) atoms. The monoisotopic (exact) mass is 531 g/mol. The van der Waals surface area contributed by atoms with Crippen molar-refractivity contribution in [1.29, 1.82) is 0 Å². The lowest BCUT2D eigenvalue weighted by atomic mass is 9.62. The molecule has 0 bridgehead atoms. The molecule has 0 radical (unpaired) electrons. The van der Waals surface area contributed by atoms with Crippen molar-refractivity contribution in [2.24, 2.45) is 5.92 Å². The molecule has 5 nitrogen and oxygen atoms in total. The summed E-state index contributed by atoms with van der Waals surface area (Å²) < 4.78 is 14.5. The van der Waals surface area contributed by atoms with Crippen LogP contribution in [-0.2, 0) is 31.1 Å². The molecule has 2 N–H and O–H groups in total. The number of anilines is 2. The molecule has 0 saturated carbocycles. The number of rotatable bonds is 4. The molecule has 3 saturated heterocycles. The normalized spacial score (nSPS) is 32.6. The van der Waals surface area contributed by atoms with Crippen molar-refractivity contribution in [3.8, 4) is 0 Å². The van der Waals surface area contributed by atoms with Crippen LogP contribution in [0.2, 0.25) is 0 Å². The highest BCUT2D eigenvalue weighted by atomic mass is 19.1. The highest BCUT2D eigenvalue weighted by Crippen LogP contribution is 2.48. The Balaban J connectivity index is 1.24. The first-order valence-corrected chi connectivity index (χ1v) is 15.8. The van der Waals surface area contributed by atoms with Crippen molar-refractivity contribution in [2.75, 3.05) is 36.8 Å². The lowest BCUT2D eigenvalue weighted by Gasteiger charge is -2.43. The maximum atomic E-state index is 14.5. The van der Waals surface area contributed by atoms with Crippen LogP contribution >= 0.6 is 0 Å². The molecule has 4 unspecified atom stereocenters. The van der Waals surface area contributed by atoms with Gasteiger partial charge in [0.2, 0.25) is 0 Å². The van der Waals surface area contributed by atoms with Gasteiger partial charge in [-0.2, -0.15) is 0 Å². The molecule has 2 aromatic rings. The summed E-state index contributed by atoms with van der Waals surface area (Å²) in [7, 11) is 0. The van der Waals surface area contributed by atoms with Gasteiger partial charge in [0, 0.05) is 48.3 Å². The number of hydrogen-bond donors (Lipinski definition) is 1. The van der Waals surface area contributed by atoms with Crippen LogP contribution in [0.25, 0.3) is 0 Å². The number of nitrogens with zero attached hydrogens (tertiary/aromatic N) is 4. The van der Waals surface area contributed by atoms with E-state index in [0.717, 1.165) is 82.0 Å². The second-order valence-electron chi connectivity index (χ2n) is 13.7. The SMILES string of the molecule is CC1CCCN(c2nc(CCC34CCCN3CC(F)C4)nc3c2CCC2(CCCc4ccc(N)cc42)C3)CC1. The van der Waals surface area contributed by atoms with Crippen LogP contribution in [0.15, 0.2) is 18.2 Å². The number of aryl methyl sites for hydroxylation is 2. The van der Waals surface area contributed by atoms with Crippen LogP contribution in [0.3, 0.4) is 0 Å². The van der Waals surface area contributed by atoms with Gasteiger partial charge in [-0.15, -0.1) is 0 Å². The molecular formula is C33H46FN5. The highest BCUT2D eigenvalue weighted by molar-refractivity contribution is 5.55. The minimum absolute atomic E-state index is 0.0257. The molecule has 210 valence electrons. The van der Waals surface area contributed by atoms with Gasteiger partial charge < -0.3 is 10.6 Å². The summed E-state index contributed by atoms with van der Waals surface area (Å²) in [6.07, 6.45) is 14.8. The summed E-state index contributed by atoms with van der Waals surface area (Å²) in [5, 5.41) is 0. The topological polar surface area (TPSA) is 58.3 Å². The second-order valence-corrected chi connectivity index (χ2v) is 13.7. The van der Waals surface area contributed by atoms with Crippen LogP contribution in [0, 0.1) is 5.92 Å². The number of alkyl halides is 1. The third-order valence-corrected chi connectivity index (χ3v) is 11.2. The zero-order valence-electron chi connectivity index (χ0n) is 23.9. The smallest absolute Gasteiger partial charge is 0.135 e. The minimum atomic E-state index is -0.678. The third kappa shape index (κ3) is 4.65. The summed E-state index contributed by atoms with van der Waals surface area (Å²) in [5.74, 6) is 2.99. The van der Waals surface area contributed by atoms with E-state index in [0.29, 0.717) is 13.0 Å². The van der Waals surface area contributed by atoms with E-state index in [1.165, 1.54) is 66.7 Å². The Morgan fingerprint density at radius 3 is 2.87 bits per heavy atom. The molecule has 5 aliphatic rings. The number of halogens is 1. The highest BCUT2D eigenvalue weighted by Gasteiger charge is 2.48. The quantitative estimate of drug-likeness (QED) is 0.494. The van der Waals surface area contributed by atoms with E-state index in [4.69, 9.17) is 15.7 Å². The Morgan fingerprint density at radius 1 is 1.03 bits per heavy atom. The number of benzene rings is 1. The third-order valence-electron chi connectivity index (χ3n) is 11.2. The zero-order valence-corrected chi connectivity index (χ0v) is 23.9. The number of aromatic nitrogens is 2. The Kier molecular flexibility index (Phi) is 6.60. The van der Waals surface area contributed by atoms with Gasteiger partial charge >= 0.3 is 0 Å². The van der Waals surface area contributed by atoms with E-state index < -0.39 is 6.17 Å². The zero-order chi connectivity index (χ0) is 26.6. The Hall–Kier alpha value is -2.21. The number of nitrogen functional groups attached to an aromatic ring is 1. The van der Waals surface area contributed by atoms with E-state index in [-0.39, 0.29) is 11.0 Å². The van der Waals surface area contributed by atoms with E-state index in [1.54, 1.807) is 0 Å². The summed E-state index contributed by atoms with van der Waals surface area (Å²) in [4.78, 5) is 15.7. The molecule has 6 heteroatoms. The average Bonchev–Trinajstić information content (AvgIpc) is 3.35. The van der Waals surface area contributed by atoms with Crippen molar-refractivity contribution in [3.63, 3.8) is 0 Å². The molecule has 1 aromatic carbocycles. The first-order chi connectivity index (χ1) is 18.9. The molecule has 7 rings (SSSR count). The molecule has 1 spiro atoms. The van der Waals surface area contributed by atoms with E-state index in [9.17, 15) is 4.39 Å². The Labute approximate surface area is 233 Å². The Bertz CT molecular complexity index is 1230. The van der Waals surface area contributed by atoms with Crippen LogP contribution in [0.1, 0.15) is 99.3 Å². The van der Waals surface area contributed by atoms with Crippen molar-refractivity contribution in [2.45, 2.75) is 114 Å². The predicted molar refractivity (Wildman–Crippen MR) is 156 cm³/mol. The summed E-state index contributed by atoms with van der Waals surface area (Å²) in [5.41, 5.74) is 13.0. The van der Waals surface area contributed by atoms with Gasteiger partial charge in [-0.3, -0.25) is 4.90 Å². The maximum Gasteiger partial charge on any atom is 0.135 e. The van der Waals surface area contributed by atoms with Gasteiger partial charge in [-0.1, -0.05) is 13.0 Å². The molecule has 0 amide bonds. The number of hydrogen-bond acceptors (Lipinski definition) is 5. The van der Waals surface area contributed by atoms with Gasteiger partial charge in [0.05, 0.1) is 5.69 Å². The fourth-order valence-electron chi connectivity index (χ4n) is 9.05. The first-order valence-electron chi connectivity index (χ1n) is 15.8. The van der Waals surface area contributed by atoms with Crippen LogP contribution in [-0.4, -0.2) is 52.8 Å². The number of nitrogens with two attached hydrogens (primary N) is 1. The lowest BCUT2D eigenvalue weighted by molar-refractivity contribution is 0.181. The van der Waals surface area contributed by atoms with Gasteiger partial charge in [-0.25, -0.2) is 14.4 Å². The van der Waals surface area contributed by atoms with Gasteiger partial charge in [-0.05, 0) is 119 Å². The molecule has 3 aliphatic heterocycles. The lowest BCUT2D eigenvalue weighted by Crippen LogP contribution is -2.40. The molecule has 2 aliphatic carbocycles. The minimum Gasteiger partial charge on any atom is -0.399 e. The number of fused-ring (bicyclic) bond motifs is 4. The molecule has 1 aromatic heterocycles. The fraction of sp³-hybridized carbons (Fsp3) is 0.697. The predicted octanol–water partition coefficient (Wildman–Crippen LogP) is 5.96. The van der Waals surface area contributed by atoms with E-state index in [2.05, 4.69) is 34.9 Å². The fourth-order valence-corrected chi connectivity index (χ4v) is 9.05. The maximum absolute atomic E-state index is 14.5. The molecule has 4 atom stereocenters. The standard InChI is InChI=1S/C33H46FN5/c1-23-5-3-16-38(18-11-23)31-27-9-14-32(12-2-6-24-7-8-26(35)19-28(24)32)21-29(27)36-30(37-31)10-15-33-13-4-17-39(33)22-25(34)20-33/h7-8,19,23,25H,2-6,9-18,20-22,35H2,1H3. The van der Waals surface area contributed by atoms with Gasteiger partial charge in [0.1, 0.15) is 17.8 Å². The summed E-state index contributed by atoms with van der Waals surface area (Å²) in [6, 6.07) is 6.60. The molecule has 3 fully saturated rings. The average molecular weight is 532 g/mol. The van der Waals surface area contributed by atoms with Crippen LogP contribution in [0.5, 0.6) is 0 Å². The second kappa shape index (κ2) is 10.0. The Morgan fingerprint density at radius 2 is 1.95 bits per heavy atom. The molecular weight excluding hydrogens is 485 g/mol. The van der Waals surface area contributed by atoms with Gasteiger partial charge in [0.15, 0.2) is 0 Å². The first kappa shape index (κ1) is 25.7. The van der Waals surface area contributed by atoms with Crippen LogP contribution in [0.4, 0.5) is 15.9 Å². The summed E-state index contributed by atoms with van der Waals surface area (Å²) >= 11 is 0. The van der Waals surface area contributed by atoms with Crippen LogP contribution < -0.4 is 10.6 Å². The molecule has 4 heterocycles. The van der Waals surface area contributed by atoms with E-state index in [1.807, 2.05) is 0 Å². The van der Waals surface area contributed by atoms with Crippen molar-refractivity contribution in [3.05, 3.63) is 46.4 Å².